The number of rotatable bonds is 5. The molecule has 1 N–H and O–H groups in total. The molecule has 1 heterocycles. The largest absolute Gasteiger partial charge is 0.463 e. The van der Waals surface area contributed by atoms with Gasteiger partial charge in [0.1, 0.15) is 12.7 Å². The summed E-state index contributed by atoms with van der Waals surface area (Å²) in [6.07, 6.45) is -10.5. The van der Waals surface area contributed by atoms with E-state index in [9.17, 15) is 36.6 Å². The van der Waals surface area contributed by atoms with Gasteiger partial charge < -0.3 is 19.3 Å². The molecular weight excluding hydrogens is 347 g/mol. The van der Waals surface area contributed by atoms with E-state index in [4.69, 9.17) is 0 Å². The van der Waals surface area contributed by atoms with E-state index in [2.05, 4.69) is 14.2 Å². The first-order valence-corrected chi connectivity index (χ1v) is 6.96. The summed E-state index contributed by atoms with van der Waals surface area (Å²) in [5.74, 6) is -12.7. The molecule has 140 valence electrons. The van der Waals surface area contributed by atoms with Gasteiger partial charge in [-0.1, -0.05) is 13.8 Å². The third-order valence-electron chi connectivity index (χ3n) is 3.55. The zero-order chi connectivity index (χ0) is 18.9. The van der Waals surface area contributed by atoms with Crippen molar-refractivity contribution in [3.05, 3.63) is 0 Å². The lowest BCUT2D eigenvalue weighted by Crippen LogP contribution is -2.59. The smallest absolute Gasteiger partial charge is 0.449 e. The van der Waals surface area contributed by atoms with E-state index in [0.717, 1.165) is 0 Å². The Labute approximate surface area is 133 Å². The number of aliphatic hydroxyl groups is 1. The number of alkyl halides is 5. The number of esters is 2. The van der Waals surface area contributed by atoms with Crippen LogP contribution in [0.25, 0.3) is 0 Å². The second-order valence-corrected chi connectivity index (χ2v) is 5.39. The van der Waals surface area contributed by atoms with Gasteiger partial charge in [-0.2, -0.15) is 22.0 Å². The highest BCUT2D eigenvalue weighted by Gasteiger charge is 2.81. The van der Waals surface area contributed by atoms with Crippen molar-refractivity contribution < 1.29 is 50.9 Å². The topological polar surface area (TPSA) is 82.1 Å². The Kier molecular flexibility index (Phi) is 5.81. The minimum absolute atomic E-state index is 0.348. The van der Waals surface area contributed by atoms with Gasteiger partial charge in [-0.3, -0.25) is 9.59 Å². The highest BCUT2D eigenvalue weighted by molar-refractivity contribution is 5.71. The lowest BCUT2D eigenvalue weighted by molar-refractivity contribution is -0.409. The maximum atomic E-state index is 14.0. The molecule has 1 rings (SSSR count). The fourth-order valence-electron chi connectivity index (χ4n) is 1.96. The Morgan fingerprint density at radius 2 is 1.88 bits per heavy atom. The maximum absolute atomic E-state index is 14.0. The van der Waals surface area contributed by atoms with Crippen LogP contribution in [0.4, 0.5) is 22.0 Å². The van der Waals surface area contributed by atoms with Crippen LogP contribution in [0.1, 0.15) is 27.2 Å². The molecule has 1 saturated heterocycles. The van der Waals surface area contributed by atoms with E-state index in [-0.39, 0.29) is 0 Å². The number of carbonyl (C=O) groups is 2. The summed E-state index contributed by atoms with van der Waals surface area (Å²) in [4.78, 5) is 22.4. The number of hydrogen-bond acceptors (Lipinski definition) is 6. The summed E-state index contributed by atoms with van der Waals surface area (Å²) in [6.45, 7) is 2.75. The summed E-state index contributed by atoms with van der Waals surface area (Å²) in [7, 11) is 0. The first-order valence-electron chi connectivity index (χ1n) is 6.96. The van der Waals surface area contributed by atoms with Crippen molar-refractivity contribution in [3.8, 4) is 0 Å². The molecule has 0 amide bonds. The molecule has 6 nitrogen and oxygen atoms in total. The van der Waals surface area contributed by atoms with Gasteiger partial charge in [0.15, 0.2) is 0 Å². The Morgan fingerprint density at radius 1 is 1.33 bits per heavy atom. The van der Waals surface area contributed by atoms with Gasteiger partial charge in [0.25, 0.3) is 0 Å². The highest BCUT2D eigenvalue weighted by atomic mass is 19.4. The van der Waals surface area contributed by atoms with E-state index in [1.807, 2.05) is 0 Å². The minimum atomic E-state index is -5.87. The van der Waals surface area contributed by atoms with Crippen LogP contribution in [0.5, 0.6) is 0 Å². The zero-order valence-corrected chi connectivity index (χ0v) is 13.0. The summed E-state index contributed by atoms with van der Waals surface area (Å²) >= 11 is 0. The van der Waals surface area contributed by atoms with Crippen LogP contribution in [0, 0.1) is 5.92 Å². The third kappa shape index (κ3) is 3.61. The van der Waals surface area contributed by atoms with Crippen molar-refractivity contribution in [2.75, 3.05) is 6.61 Å². The predicted octanol–water partition coefficient (Wildman–Crippen LogP) is 1.79. The average Bonchev–Trinajstić information content (AvgIpc) is 2.64. The van der Waals surface area contributed by atoms with Crippen LogP contribution in [0.3, 0.4) is 0 Å². The fourth-order valence-corrected chi connectivity index (χ4v) is 1.96. The first kappa shape index (κ1) is 20.6. The molecule has 1 fully saturated rings. The number of hydrogen-bond donors (Lipinski definition) is 1. The Morgan fingerprint density at radius 3 is 2.29 bits per heavy atom. The van der Waals surface area contributed by atoms with E-state index in [1.165, 1.54) is 6.92 Å². The molecule has 4 atom stereocenters. The summed E-state index contributed by atoms with van der Waals surface area (Å²) < 4.78 is 79.2. The van der Waals surface area contributed by atoms with Crippen molar-refractivity contribution >= 4 is 11.9 Å². The quantitative estimate of drug-likeness (QED) is 0.592. The fraction of sp³-hybridized carbons (Fsp3) is 0.846. The van der Waals surface area contributed by atoms with E-state index in [0.29, 0.717) is 13.3 Å². The second-order valence-electron chi connectivity index (χ2n) is 5.39. The molecular formula is C13H17F5O6. The first-order chi connectivity index (χ1) is 10.8. The number of halogens is 5. The molecule has 0 aromatic carbocycles. The SMILES string of the molecule is CCC(C)C(=O)OCC1OC(O)(C(F)(F)F)C(F)(F)C1OC(C)=O. The summed E-state index contributed by atoms with van der Waals surface area (Å²) in [5, 5.41) is 9.30. The molecule has 0 bridgehead atoms. The van der Waals surface area contributed by atoms with E-state index >= 15 is 0 Å². The van der Waals surface area contributed by atoms with Crippen LogP contribution in [0.15, 0.2) is 0 Å². The normalized spacial score (nSPS) is 30.7. The van der Waals surface area contributed by atoms with Crippen LogP contribution >= 0.6 is 0 Å². The standard InChI is InChI=1S/C13H17F5O6/c1-4-6(2)10(20)22-5-8-9(23-7(3)19)11(14,15)12(21,24-8)13(16,17)18/h6,8-9,21H,4-5H2,1-3H3. The Hall–Kier alpha value is -1.49. The monoisotopic (exact) mass is 364 g/mol. The van der Waals surface area contributed by atoms with Crippen molar-refractivity contribution in [2.24, 2.45) is 5.92 Å². The van der Waals surface area contributed by atoms with Gasteiger partial charge in [-0.05, 0) is 6.42 Å². The van der Waals surface area contributed by atoms with Gasteiger partial charge in [-0.25, -0.2) is 0 Å². The van der Waals surface area contributed by atoms with Crippen LogP contribution in [-0.4, -0.2) is 53.7 Å². The van der Waals surface area contributed by atoms with Crippen molar-refractivity contribution in [1.82, 2.24) is 0 Å². The van der Waals surface area contributed by atoms with Gasteiger partial charge in [0.2, 0.25) is 6.10 Å². The summed E-state index contributed by atoms with van der Waals surface area (Å²) in [5.41, 5.74) is 0. The Bertz CT molecular complexity index is 494. The third-order valence-corrected chi connectivity index (χ3v) is 3.55. The Balaban J connectivity index is 3.05. The molecule has 0 aliphatic carbocycles. The van der Waals surface area contributed by atoms with Crippen molar-refractivity contribution in [3.63, 3.8) is 0 Å². The second kappa shape index (κ2) is 6.79. The molecule has 4 unspecified atom stereocenters. The highest BCUT2D eigenvalue weighted by Crippen LogP contribution is 2.52. The van der Waals surface area contributed by atoms with Gasteiger partial charge in [-0.15, -0.1) is 0 Å². The zero-order valence-electron chi connectivity index (χ0n) is 13.0. The van der Waals surface area contributed by atoms with Gasteiger partial charge >= 0.3 is 29.8 Å². The predicted molar refractivity (Wildman–Crippen MR) is 66.8 cm³/mol. The average molecular weight is 364 g/mol. The molecule has 0 aromatic heterocycles. The van der Waals surface area contributed by atoms with Crippen LogP contribution < -0.4 is 0 Å². The molecule has 1 aliphatic heterocycles. The van der Waals surface area contributed by atoms with E-state index in [1.54, 1.807) is 6.92 Å². The minimum Gasteiger partial charge on any atom is -0.463 e. The molecule has 0 radical (unpaired) electrons. The van der Waals surface area contributed by atoms with Crippen molar-refractivity contribution in [2.45, 2.75) is 57.3 Å². The number of ether oxygens (including phenoxy) is 3. The number of carbonyl (C=O) groups excluding carboxylic acids is 2. The van der Waals surface area contributed by atoms with Gasteiger partial charge in [0.05, 0.1) is 5.92 Å². The lowest BCUT2D eigenvalue weighted by Gasteiger charge is -2.30. The maximum Gasteiger partial charge on any atom is 0.449 e. The van der Waals surface area contributed by atoms with Gasteiger partial charge in [0, 0.05) is 6.92 Å². The van der Waals surface area contributed by atoms with Crippen LogP contribution in [0.2, 0.25) is 0 Å². The molecule has 1 aliphatic rings. The molecule has 11 heteroatoms. The van der Waals surface area contributed by atoms with Crippen molar-refractivity contribution in [1.29, 1.82) is 0 Å². The lowest BCUT2D eigenvalue weighted by atomic mass is 10.0. The molecule has 24 heavy (non-hydrogen) atoms. The molecule has 0 saturated carbocycles. The molecule has 0 spiro atoms. The van der Waals surface area contributed by atoms with Crippen LogP contribution in [-0.2, 0) is 23.8 Å². The van der Waals surface area contributed by atoms with E-state index < -0.39 is 54.6 Å². The summed E-state index contributed by atoms with van der Waals surface area (Å²) in [6, 6.07) is 0. The molecule has 0 aromatic rings.